The maximum Gasteiger partial charge on any atom is 0.238 e. The van der Waals surface area contributed by atoms with Crippen molar-refractivity contribution in [2.75, 3.05) is 0 Å². The van der Waals surface area contributed by atoms with Crippen LogP contribution in [-0.2, 0) is 0 Å². The fourth-order valence-electron chi connectivity index (χ4n) is 0. The van der Waals surface area contributed by atoms with Gasteiger partial charge in [-0.3, -0.25) is 0 Å². The van der Waals surface area contributed by atoms with Gasteiger partial charge in [-0.1, -0.05) is 0 Å². The lowest BCUT2D eigenvalue weighted by atomic mass is 10.9. The molecule has 0 aliphatic heterocycles. The second-order valence-electron chi connectivity index (χ2n) is 0.301. The molecule has 0 saturated heterocycles. The van der Waals surface area contributed by atoms with E-state index in [-0.39, 0.29) is 0 Å². The number of hydrogen-bond acceptors (Lipinski definition) is 0. The quantitative estimate of drug-likeness (QED) is 0.430. The third-order valence-electron chi connectivity index (χ3n) is 0. The van der Waals surface area contributed by atoms with Gasteiger partial charge in [-0.05, 0) is 0 Å². The zero-order valence-corrected chi connectivity index (χ0v) is 1.83. The summed E-state index contributed by atoms with van der Waals surface area (Å²) in [5.41, 5.74) is 0. The average Bonchev–Trinajstić information content (AvgIpc) is 1.36. The van der Waals surface area contributed by atoms with E-state index in [4.69, 9.17) is 2.74 Å². The summed E-state index contributed by atoms with van der Waals surface area (Å²) < 4.78 is 33.2. The van der Waals surface area contributed by atoms with E-state index >= 15 is 0 Å². The van der Waals surface area contributed by atoms with Crippen LogP contribution in [0.25, 0.3) is 0 Å². The van der Waals surface area contributed by atoms with Gasteiger partial charge in [0, 0.05) is 9.62 Å². The van der Waals surface area contributed by atoms with Crippen LogP contribution >= 0.6 is 0 Å². The van der Waals surface area contributed by atoms with Gasteiger partial charge in [0.1, 0.15) is 0 Å². The lowest BCUT2D eigenvalue weighted by Crippen LogP contribution is -1.70. The van der Waals surface area contributed by atoms with Crippen LogP contribution in [-0.4, -0.2) is 6.43 Å². The molecule has 0 amide bonds. The van der Waals surface area contributed by atoms with Gasteiger partial charge in [0.15, 0.2) is 0 Å². The SMILES string of the molecule is [2H][C]([2H])C(F)F. The molecule has 0 rings (SSSR count). The Balaban J connectivity index is 2.99. The first-order valence-corrected chi connectivity index (χ1v) is 0.725. The van der Waals surface area contributed by atoms with Crippen LogP contribution in [0.15, 0.2) is 0 Å². The second kappa shape index (κ2) is 1.21. The minimum absolute atomic E-state index is 1.32. The molecule has 4 heavy (non-hydrogen) atoms. The maximum atomic E-state index is 10.7. The number of rotatable bonds is 1. The van der Waals surface area contributed by atoms with Gasteiger partial charge < -0.3 is 0 Å². The van der Waals surface area contributed by atoms with Gasteiger partial charge in [0.05, 0.1) is 0 Å². The van der Waals surface area contributed by atoms with Crippen LogP contribution < -0.4 is 0 Å². The lowest BCUT2D eigenvalue weighted by molar-refractivity contribution is 0.201. The van der Waals surface area contributed by atoms with Crippen molar-refractivity contribution >= 4 is 0 Å². The molecule has 25 valence electrons. The van der Waals surface area contributed by atoms with Crippen LogP contribution in [0.4, 0.5) is 8.78 Å². The van der Waals surface area contributed by atoms with E-state index in [1.54, 1.807) is 0 Å². The standard InChI is InChI=1S/C2H3F2/c1-2(3)4/h2H,1H2/i1D2. The highest BCUT2D eigenvalue weighted by Gasteiger charge is 1.80. The molecule has 0 aromatic carbocycles. The van der Waals surface area contributed by atoms with Crippen LogP contribution in [0, 0.1) is 6.88 Å². The average molecular weight is 67.1 g/mol. The predicted octanol–water partition coefficient (Wildman–Crippen LogP) is 1.09. The van der Waals surface area contributed by atoms with Gasteiger partial charge in [-0.25, -0.2) is 8.78 Å². The normalized spacial score (nSPS) is 17.0. The van der Waals surface area contributed by atoms with Gasteiger partial charge >= 0.3 is 0 Å². The molecule has 0 fully saturated rings. The Bertz CT molecular complexity index is 30.5. The largest absolute Gasteiger partial charge is 0.238 e. The van der Waals surface area contributed by atoms with Crippen molar-refractivity contribution in [1.82, 2.24) is 0 Å². The molecule has 0 aliphatic carbocycles. The molecular weight excluding hydrogens is 62.0 g/mol. The molecule has 0 bridgehead atoms. The van der Waals surface area contributed by atoms with Gasteiger partial charge in [-0.15, -0.1) is 0 Å². The third-order valence-corrected chi connectivity index (χ3v) is 0. The van der Waals surface area contributed by atoms with E-state index in [1.807, 2.05) is 0 Å². The third kappa shape index (κ3) is 70.2. The van der Waals surface area contributed by atoms with Gasteiger partial charge in [0.25, 0.3) is 0 Å². The molecule has 0 saturated carbocycles. The molecule has 0 heterocycles. The summed E-state index contributed by atoms with van der Waals surface area (Å²) in [6.07, 6.45) is -2.90. The monoisotopic (exact) mass is 67.0 g/mol. The van der Waals surface area contributed by atoms with Crippen molar-refractivity contribution in [1.29, 1.82) is 0 Å². The Morgan fingerprint density at radius 2 is 2.25 bits per heavy atom. The summed E-state index contributed by atoms with van der Waals surface area (Å²) in [5.74, 6) is 0. The molecule has 0 aromatic rings. The van der Waals surface area contributed by atoms with Crippen molar-refractivity contribution in [2.45, 2.75) is 6.43 Å². The van der Waals surface area contributed by atoms with Crippen LogP contribution in [0.1, 0.15) is 2.74 Å². The summed E-state index contributed by atoms with van der Waals surface area (Å²) in [4.78, 5) is 0. The zero-order chi connectivity index (χ0) is 5.15. The van der Waals surface area contributed by atoms with Crippen LogP contribution in [0.5, 0.6) is 0 Å². The second-order valence-corrected chi connectivity index (χ2v) is 0.301. The van der Waals surface area contributed by atoms with Gasteiger partial charge in [-0.2, -0.15) is 0 Å². The Hall–Kier alpha value is -0.140. The number of alkyl halides is 2. The summed E-state index contributed by atoms with van der Waals surface area (Å²) in [6, 6.07) is 0. The zero-order valence-electron chi connectivity index (χ0n) is 3.83. The van der Waals surface area contributed by atoms with Crippen LogP contribution in [0.2, 0.25) is 0 Å². The van der Waals surface area contributed by atoms with E-state index < -0.39 is 13.3 Å². The molecule has 0 atom stereocenters. The van der Waals surface area contributed by atoms with Gasteiger partial charge in [0.2, 0.25) is 6.43 Å². The molecule has 1 radical (unpaired) electrons. The molecular formula is C2H3F2. The Labute approximate surface area is 26.2 Å². The van der Waals surface area contributed by atoms with Crippen molar-refractivity contribution in [3.8, 4) is 0 Å². The molecule has 0 aliphatic rings. The topological polar surface area (TPSA) is 0 Å². The van der Waals surface area contributed by atoms with E-state index in [9.17, 15) is 8.78 Å². The minimum Gasteiger partial charge on any atom is -0.211 e. The van der Waals surface area contributed by atoms with E-state index in [0.29, 0.717) is 0 Å². The Morgan fingerprint density at radius 3 is 2.25 bits per heavy atom. The summed E-state index contributed by atoms with van der Waals surface area (Å²) in [6.45, 7) is -1.32. The minimum atomic E-state index is -2.90. The number of hydrogen-bond donors (Lipinski definition) is 0. The van der Waals surface area contributed by atoms with Crippen LogP contribution in [0.3, 0.4) is 0 Å². The van der Waals surface area contributed by atoms with Crippen molar-refractivity contribution in [3.63, 3.8) is 0 Å². The van der Waals surface area contributed by atoms with Crippen molar-refractivity contribution in [2.24, 2.45) is 0 Å². The highest BCUT2D eigenvalue weighted by molar-refractivity contribution is 4.30. The lowest BCUT2D eigenvalue weighted by Gasteiger charge is -1.69. The molecule has 0 unspecified atom stereocenters. The first kappa shape index (κ1) is 1.34. The summed E-state index contributed by atoms with van der Waals surface area (Å²) in [5, 5.41) is 0. The first-order chi connectivity index (χ1) is 2.64. The predicted molar refractivity (Wildman–Crippen MR) is 11.4 cm³/mol. The Morgan fingerprint density at radius 1 is 2.00 bits per heavy atom. The fraction of sp³-hybridized carbons (Fsp3) is 0.500. The van der Waals surface area contributed by atoms with E-state index in [1.165, 1.54) is 0 Å². The molecule has 0 N–H and O–H groups in total. The van der Waals surface area contributed by atoms with Crippen molar-refractivity contribution < 1.29 is 11.5 Å². The molecule has 0 nitrogen and oxygen atoms in total. The highest BCUT2D eigenvalue weighted by Crippen LogP contribution is 1.81. The highest BCUT2D eigenvalue weighted by atomic mass is 19.3. The maximum absolute atomic E-state index is 10.7. The molecule has 0 aromatic heterocycles. The summed E-state index contributed by atoms with van der Waals surface area (Å²) >= 11 is 0. The molecule has 0 spiro atoms. The number of halogens is 2. The van der Waals surface area contributed by atoms with E-state index in [2.05, 4.69) is 0 Å². The first-order valence-electron chi connectivity index (χ1n) is 1.73. The van der Waals surface area contributed by atoms with Crippen molar-refractivity contribution in [3.05, 3.63) is 6.88 Å². The smallest absolute Gasteiger partial charge is 0.211 e. The fourth-order valence-corrected chi connectivity index (χ4v) is 0. The van der Waals surface area contributed by atoms with E-state index in [0.717, 1.165) is 0 Å². The summed E-state index contributed by atoms with van der Waals surface area (Å²) in [7, 11) is 0. The molecule has 2 heteroatoms. The Kier molecular flexibility index (Phi) is 0.404.